The number of aliphatic imine (C=N–C) groups is 1. The van der Waals surface area contributed by atoms with Gasteiger partial charge < -0.3 is 19.9 Å². The standard InChI is InChI=1S/C20H29ClN4O2/c1-22-20(23-7-12-27-15-16-5-6-16)25-10-8-24(9-11-25)19(26)14-17-3-2-4-18(21)13-17/h2-4,13,16H,5-12,14-15H2,1H3,(H,22,23). The smallest absolute Gasteiger partial charge is 0.227 e. The summed E-state index contributed by atoms with van der Waals surface area (Å²) < 4.78 is 5.65. The maximum absolute atomic E-state index is 12.5. The Hall–Kier alpha value is -1.79. The molecule has 6 nitrogen and oxygen atoms in total. The lowest BCUT2D eigenvalue weighted by Gasteiger charge is -2.36. The minimum atomic E-state index is 0.147. The zero-order valence-corrected chi connectivity index (χ0v) is 16.7. The third kappa shape index (κ3) is 6.40. The Morgan fingerprint density at radius 2 is 2.00 bits per heavy atom. The molecule has 148 valence electrons. The normalized spacial score (nSPS) is 17.9. The van der Waals surface area contributed by atoms with Crippen LogP contribution in [0.5, 0.6) is 0 Å². The van der Waals surface area contributed by atoms with E-state index in [4.69, 9.17) is 16.3 Å². The molecule has 0 radical (unpaired) electrons. The number of halogens is 1. The second kappa shape index (κ2) is 9.95. The molecule has 1 aromatic rings. The van der Waals surface area contributed by atoms with Crippen LogP contribution in [0.1, 0.15) is 18.4 Å². The highest BCUT2D eigenvalue weighted by Crippen LogP contribution is 2.28. The van der Waals surface area contributed by atoms with Gasteiger partial charge in [-0.05, 0) is 36.5 Å². The van der Waals surface area contributed by atoms with E-state index in [1.165, 1.54) is 12.8 Å². The lowest BCUT2D eigenvalue weighted by atomic mass is 10.1. The van der Waals surface area contributed by atoms with E-state index in [1.807, 2.05) is 29.2 Å². The number of benzene rings is 1. The second-order valence-corrected chi connectivity index (χ2v) is 7.60. The molecule has 7 heteroatoms. The van der Waals surface area contributed by atoms with Gasteiger partial charge >= 0.3 is 0 Å². The lowest BCUT2D eigenvalue weighted by Crippen LogP contribution is -2.54. The molecule has 1 saturated heterocycles. The fourth-order valence-corrected chi connectivity index (χ4v) is 3.42. The minimum absolute atomic E-state index is 0.147. The number of guanidine groups is 1. The van der Waals surface area contributed by atoms with Crippen LogP contribution in [0.2, 0.25) is 5.02 Å². The summed E-state index contributed by atoms with van der Waals surface area (Å²) in [5.74, 6) is 1.82. The van der Waals surface area contributed by atoms with Gasteiger partial charge in [0.05, 0.1) is 13.0 Å². The molecule has 1 saturated carbocycles. The van der Waals surface area contributed by atoms with Gasteiger partial charge in [-0.3, -0.25) is 9.79 Å². The van der Waals surface area contributed by atoms with Crippen LogP contribution in [0.15, 0.2) is 29.3 Å². The van der Waals surface area contributed by atoms with Gasteiger partial charge in [-0.2, -0.15) is 0 Å². The molecule has 1 aliphatic heterocycles. The molecule has 1 aromatic carbocycles. The first-order chi connectivity index (χ1) is 13.2. The topological polar surface area (TPSA) is 57.2 Å². The Morgan fingerprint density at radius 3 is 2.67 bits per heavy atom. The minimum Gasteiger partial charge on any atom is -0.379 e. The van der Waals surface area contributed by atoms with Crippen molar-refractivity contribution in [3.63, 3.8) is 0 Å². The molecule has 1 heterocycles. The van der Waals surface area contributed by atoms with Crippen molar-refractivity contribution in [3.8, 4) is 0 Å². The first-order valence-corrected chi connectivity index (χ1v) is 10.1. The number of carbonyl (C=O) groups is 1. The summed E-state index contributed by atoms with van der Waals surface area (Å²) in [7, 11) is 1.80. The molecule has 1 amide bonds. The van der Waals surface area contributed by atoms with Gasteiger partial charge in [0.1, 0.15) is 0 Å². The zero-order chi connectivity index (χ0) is 19.1. The van der Waals surface area contributed by atoms with Gasteiger partial charge in [0.2, 0.25) is 5.91 Å². The molecule has 2 aliphatic rings. The van der Waals surface area contributed by atoms with E-state index in [9.17, 15) is 4.79 Å². The summed E-state index contributed by atoms with van der Waals surface area (Å²) in [6, 6.07) is 7.50. The average molecular weight is 393 g/mol. The summed E-state index contributed by atoms with van der Waals surface area (Å²) in [6.45, 7) is 5.32. The Labute approximate surface area is 166 Å². The number of carbonyl (C=O) groups excluding carboxylic acids is 1. The maximum Gasteiger partial charge on any atom is 0.227 e. The molecular weight excluding hydrogens is 364 g/mol. The highest BCUT2D eigenvalue weighted by molar-refractivity contribution is 6.30. The largest absolute Gasteiger partial charge is 0.379 e. The van der Waals surface area contributed by atoms with Crippen molar-refractivity contribution in [2.24, 2.45) is 10.9 Å². The molecule has 2 fully saturated rings. The van der Waals surface area contributed by atoms with Crippen LogP contribution in [-0.2, 0) is 16.0 Å². The van der Waals surface area contributed by atoms with E-state index >= 15 is 0 Å². The molecule has 0 bridgehead atoms. The van der Waals surface area contributed by atoms with Gasteiger partial charge in [-0.25, -0.2) is 0 Å². The summed E-state index contributed by atoms with van der Waals surface area (Å²) in [5, 5.41) is 4.02. The molecule has 0 atom stereocenters. The highest BCUT2D eigenvalue weighted by atomic mass is 35.5. The molecule has 3 rings (SSSR count). The average Bonchev–Trinajstić information content (AvgIpc) is 3.49. The van der Waals surface area contributed by atoms with Crippen molar-refractivity contribution in [1.29, 1.82) is 0 Å². The van der Waals surface area contributed by atoms with Crippen LogP contribution < -0.4 is 5.32 Å². The maximum atomic E-state index is 12.5. The SMILES string of the molecule is CN=C(NCCOCC1CC1)N1CCN(C(=O)Cc2cccc(Cl)c2)CC1. The van der Waals surface area contributed by atoms with Crippen LogP contribution in [0.25, 0.3) is 0 Å². The summed E-state index contributed by atoms with van der Waals surface area (Å²) >= 11 is 6.00. The van der Waals surface area contributed by atoms with Gasteiger partial charge in [-0.15, -0.1) is 0 Å². The van der Waals surface area contributed by atoms with Gasteiger partial charge in [0, 0.05) is 51.4 Å². The Balaban J connectivity index is 1.38. The van der Waals surface area contributed by atoms with Crippen molar-refractivity contribution < 1.29 is 9.53 Å². The van der Waals surface area contributed by atoms with E-state index in [0.29, 0.717) is 31.1 Å². The van der Waals surface area contributed by atoms with E-state index < -0.39 is 0 Å². The Kier molecular flexibility index (Phi) is 7.35. The third-order valence-corrected chi connectivity index (χ3v) is 5.20. The van der Waals surface area contributed by atoms with Crippen LogP contribution in [-0.4, -0.2) is 74.7 Å². The molecule has 0 aromatic heterocycles. The van der Waals surface area contributed by atoms with Crippen LogP contribution in [0.4, 0.5) is 0 Å². The van der Waals surface area contributed by atoms with E-state index in [1.54, 1.807) is 7.05 Å². The summed E-state index contributed by atoms with van der Waals surface area (Å²) in [4.78, 5) is 21.0. The quantitative estimate of drug-likeness (QED) is 0.438. The van der Waals surface area contributed by atoms with Crippen molar-refractivity contribution in [2.75, 3.05) is 53.0 Å². The number of hydrogen-bond donors (Lipinski definition) is 1. The fraction of sp³-hybridized carbons (Fsp3) is 0.600. The number of hydrogen-bond acceptors (Lipinski definition) is 3. The lowest BCUT2D eigenvalue weighted by molar-refractivity contribution is -0.131. The predicted molar refractivity (Wildman–Crippen MR) is 108 cm³/mol. The predicted octanol–water partition coefficient (Wildman–Crippen LogP) is 2.03. The van der Waals surface area contributed by atoms with Crippen molar-refractivity contribution in [3.05, 3.63) is 34.9 Å². The monoisotopic (exact) mass is 392 g/mol. The van der Waals surface area contributed by atoms with Gasteiger partial charge in [0.25, 0.3) is 0 Å². The first kappa shape index (κ1) is 20.0. The number of rotatable bonds is 7. The van der Waals surface area contributed by atoms with Crippen LogP contribution >= 0.6 is 11.6 Å². The number of amides is 1. The van der Waals surface area contributed by atoms with Crippen LogP contribution in [0, 0.1) is 5.92 Å². The van der Waals surface area contributed by atoms with Crippen molar-refractivity contribution in [1.82, 2.24) is 15.1 Å². The van der Waals surface area contributed by atoms with E-state index in [-0.39, 0.29) is 5.91 Å². The highest BCUT2D eigenvalue weighted by Gasteiger charge is 2.23. The van der Waals surface area contributed by atoms with Crippen LogP contribution in [0.3, 0.4) is 0 Å². The Bertz CT molecular complexity index is 655. The van der Waals surface area contributed by atoms with Crippen molar-refractivity contribution in [2.45, 2.75) is 19.3 Å². The first-order valence-electron chi connectivity index (χ1n) is 9.71. The molecule has 0 spiro atoms. The summed E-state index contributed by atoms with van der Waals surface area (Å²) in [6.07, 6.45) is 3.02. The van der Waals surface area contributed by atoms with Gasteiger partial charge in [0.15, 0.2) is 5.96 Å². The molecule has 1 N–H and O–H groups in total. The molecule has 0 unspecified atom stereocenters. The number of nitrogens with zero attached hydrogens (tertiary/aromatic N) is 3. The number of ether oxygens (including phenoxy) is 1. The zero-order valence-electron chi connectivity index (χ0n) is 16.0. The number of nitrogens with one attached hydrogen (secondary N) is 1. The fourth-order valence-electron chi connectivity index (χ4n) is 3.20. The van der Waals surface area contributed by atoms with Gasteiger partial charge in [-0.1, -0.05) is 23.7 Å². The number of piperazine rings is 1. The third-order valence-electron chi connectivity index (χ3n) is 4.97. The summed E-state index contributed by atoms with van der Waals surface area (Å²) in [5.41, 5.74) is 0.957. The second-order valence-electron chi connectivity index (χ2n) is 7.17. The molecule has 27 heavy (non-hydrogen) atoms. The molecular formula is C20H29ClN4O2. The van der Waals surface area contributed by atoms with E-state index in [2.05, 4.69) is 15.2 Å². The Morgan fingerprint density at radius 1 is 1.26 bits per heavy atom. The van der Waals surface area contributed by atoms with E-state index in [0.717, 1.165) is 43.7 Å². The van der Waals surface area contributed by atoms with Crippen molar-refractivity contribution >= 4 is 23.5 Å². The molecule has 1 aliphatic carbocycles.